The maximum absolute atomic E-state index is 12.8. The van der Waals surface area contributed by atoms with Gasteiger partial charge in [-0.2, -0.15) is 5.10 Å². The third-order valence-corrected chi connectivity index (χ3v) is 5.03. The first kappa shape index (κ1) is 18.0. The Morgan fingerprint density at radius 1 is 1.14 bits per heavy atom. The van der Waals surface area contributed by atoms with Crippen molar-refractivity contribution < 1.29 is 9.21 Å². The molecule has 0 unspecified atom stereocenters. The van der Waals surface area contributed by atoms with Gasteiger partial charge in [-0.25, -0.2) is 4.68 Å². The summed E-state index contributed by atoms with van der Waals surface area (Å²) in [4.78, 5) is 25.5. The van der Waals surface area contributed by atoms with E-state index in [1.165, 1.54) is 4.68 Å². The molecule has 0 saturated heterocycles. The first-order valence-electron chi connectivity index (χ1n) is 9.32. The highest BCUT2D eigenvalue weighted by molar-refractivity contribution is 5.99. The Morgan fingerprint density at radius 2 is 1.86 bits per heavy atom. The Balaban J connectivity index is 1.58. The number of carbonyl (C=O) groups excluding carboxylic acids is 1. The smallest absolute Gasteiger partial charge is 0.287 e. The van der Waals surface area contributed by atoms with Gasteiger partial charge in [0.25, 0.3) is 11.5 Å². The van der Waals surface area contributed by atoms with Gasteiger partial charge in [0.15, 0.2) is 5.76 Å². The van der Waals surface area contributed by atoms with E-state index in [-0.39, 0.29) is 17.5 Å². The maximum atomic E-state index is 12.8. The number of rotatable bonds is 5. The van der Waals surface area contributed by atoms with E-state index in [9.17, 15) is 9.59 Å². The van der Waals surface area contributed by atoms with Crippen LogP contribution in [0.25, 0.3) is 21.7 Å². The standard InChI is InChI=1S/C22H21N3O3/c1-3-16(13-25-22(27)18-10-5-4-8-15(18)12-23-25)24-21(26)20-14(2)17-9-6-7-11-19(17)28-20/h4-12,16H,3,13H2,1-2H3,(H,24,26)/t16-/m0/s1. The molecule has 1 N–H and O–H groups in total. The second kappa shape index (κ2) is 7.31. The van der Waals surface area contributed by atoms with Crippen LogP contribution in [0.3, 0.4) is 0 Å². The van der Waals surface area contributed by atoms with E-state index < -0.39 is 0 Å². The third-order valence-electron chi connectivity index (χ3n) is 5.03. The first-order valence-corrected chi connectivity index (χ1v) is 9.32. The van der Waals surface area contributed by atoms with E-state index in [1.807, 2.05) is 56.3 Å². The lowest BCUT2D eigenvalue weighted by Gasteiger charge is -2.17. The lowest BCUT2D eigenvalue weighted by atomic mass is 10.1. The number of nitrogens with one attached hydrogen (secondary N) is 1. The number of furan rings is 1. The quantitative estimate of drug-likeness (QED) is 0.577. The fourth-order valence-corrected chi connectivity index (χ4v) is 3.39. The molecule has 2 aromatic carbocycles. The minimum Gasteiger partial charge on any atom is -0.451 e. The normalized spacial score (nSPS) is 12.4. The molecule has 28 heavy (non-hydrogen) atoms. The minimum absolute atomic E-state index is 0.161. The molecule has 0 radical (unpaired) electrons. The summed E-state index contributed by atoms with van der Waals surface area (Å²) in [6.45, 7) is 4.13. The van der Waals surface area contributed by atoms with Crippen LogP contribution in [-0.4, -0.2) is 21.7 Å². The molecule has 0 saturated carbocycles. The molecule has 1 atom stereocenters. The highest BCUT2D eigenvalue weighted by atomic mass is 16.3. The summed E-state index contributed by atoms with van der Waals surface area (Å²) in [7, 11) is 0. The molecule has 2 heterocycles. The van der Waals surface area contributed by atoms with Crippen molar-refractivity contribution in [3.63, 3.8) is 0 Å². The zero-order valence-electron chi connectivity index (χ0n) is 15.8. The van der Waals surface area contributed by atoms with E-state index in [4.69, 9.17) is 4.42 Å². The van der Waals surface area contributed by atoms with Crippen LogP contribution in [0.5, 0.6) is 0 Å². The fourth-order valence-electron chi connectivity index (χ4n) is 3.39. The second-order valence-corrected chi connectivity index (χ2v) is 6.85. The summed E-state index contributed by atoms with van der Waals surface area (Å²) < 4.78 is 7.15. The summed E-state index contributed by atoms with van der Waals surface area (Å²) in [5.41, 5.74) is 1.33. The molecule has 6 heteroatoms. The zero-order chi connectivity index (χ0) is 19.7. The first-order chi connectivity index (χ1) is 13.6. The van der Waals surface area contributed by atoms with Crippen LogP contribution < -0.4 is 10.9 Å². The average Bonchev–Trinajstić information content (AvgIpc) is 3.06. The van der Waals surface area contributed by atoms with Gasteiger partial charge >= 0.3 is 0 Å². The van der Waals surface area contributed by atoms with Crippen molar-refractivity contribution in [3.8, 4) is 0 Å². The van der Waals surface area contributed by atoms with Gasteiger partial charge < -0.3 is 9.73 Å². The van der Waals surface area contributed by atoms with Crippen LogP contribution in [0.2, 0.25) is 0 Å². The van der Waals surface area contributed by atoms with E-state index in [0.29, 0.717) is 29.7 Å². The van der Waals surface area contributed by atoms with Gasteiger partial charge in [0.05, 0.1) is 18.1 Å². The zero-order valence-corrected chi connectivity index (χ0v) is 15.8. The molecule has 1 amide bonds. The Morgan fingerprint density at radius 3 is 2.61 bits per heavy atom. The van der Waals surface area contributed by atoms with Crippen molar-refractivity contribution in [3.05, 3.63) is 76.4 Å². The summed E-state index contributed by atoms with van der Waals surface area (Å²) >= 11 is 0. The lowest BCUT2D eigenvalue weighted by molar-refractivity contribution is 0.0904. The fraction of sp³-hybridized carbons (Fsp3) is 0.227. The molecule has 0 bridgehead atoms. The van der Waals surface area contributed by atoms with Crippen molar-refractivity contribution in [1.82, 2.24) is 15.1 Å². The topological polar surface area (TPSA) is 77.1 Å². The number of aromatic nitrogens is 2. The predicted molar refractivity (Wildman–Crippen MR) is 108 cm³/mol. The second-order valence-electron chi connectivity index (χ2n) is 6.85. The number of fused-ring (bicyclic) bond motifs is 2. The molecule has 4 rings (SSSR count). The number of amides is 1. The number of para-hydroxylation sites is 1. The number of carbonyl (C=O) groups is 1. The number of nitrogens with zero attached hydrogens (tertiary/aromatic N) is 2. The van der Waals surface area contributed by atoms with Crippen molar-refractivity contribution in [2.45, 2.75) is 32.9 Å². The minimum atomic E-state index is -0.283. The van der Waals surface area contributed by atoms with Gasteiger partial charge in [0.1, 0.15) is 5.58 Å². The van der Waals surface area contributed by atoms with Crippen molar-refractivity contribution in [2.24, 2.45) is 0 Å². The summed E-state index contributed by atoms with van der Waals surface area (Å²) in [6, 6.07) is 14.7. The van der Waals surface area contributed by atoms with Crippen molar-refractivity contribution in [1.29, 1.82) is 0 Å². The number of aryl methyl sites for hydroxylation is 1. The van der Waals surface area contributed by atoms with Crippen molar-refractivity contribution >= 4 is 27.6 Å². The third kappa shape index (κ3) is 3.17. The maximum Gasteiger partial charge on any atom is 0.287 e. The van der Waals surface area contributed by atoms with E-state index in [0.717, 1.165) is 16.3 Å². The Hall–Kier alpha value is -3.41. The highest BCUT2D eigenvalue weighted by Crippen LogP contribution is 2.24. The molecule has 142 valence electrons. The molecule has 0 spiro atoms. The molecule has 0 aliphatic rings. The van der Waals surface area contributed by atoms with E-state index in [2.05, 4.69) is 10.4 Å². The monoisotopic (exact) mass is 375 g/mol. The number of benzene rings is 2. The van der Waals surface area contributed by atoms with Gasteiger partial charge in [0.2, 0.25) is 0 Å². The number of hydrogen-bond donors (Lipinski definition) is 1. The van der Waals surface area contributed by atoms with Crippen LogP contribution in [0, 0.1) is 6.92 Å². The van der Waals surface area contributed by atoms with Gasteiger partial charge in [-0.1, -0.05) is 43.3 Å². The summed E-state index contributed by atoms with van der Waals surface area (Å²) in [6.07, 6.45) is 2.33. The largest absolute Gasteiger partial charge is 0.451 e. The summed E-state index contributed by atoms with van der Waals surface area (Å²) in [5, 5.41) is 9.58. The molecular formula is C22H21N3O3. The van der Waals surface area contributed by atoms with Crippen LogP contribution in [0.1, 0.15) is 29.5 Å². The Kier molecular flexibility index (Phi) is 4.69. The van der Waals surface area contributed by atoms with Crippen LogP contribution in [-0.2, 0) is 6.54 Å². The molecule has 0 aliphatic carbocycles. The molecule has 2 aromatic heterocycles. The van der Waals surface area contributed by atoms with E-state index in [1.54, 1.807) is 12.3 Å². The Bertz CT molecular complexity index is 1220. The molecular weight excluding hydrogens is 354 g/mol. The lowest BCUT2D eigenvalue weighted by Crippen LogP contribution is -2.40. The molecule has 4 aromatic rings. The molecule has 0 fully saturated rings. The Labute approximate surface area is 161 Å². The molecule has 6 nitrogen and oxygen atoms in total. The average molecular weight is 375 g/mol. The van der Waals surface area contributed by atoms with Gasteiger partial charge in [-0.05, 0) is 25.5 Å². The van der Waals surface area contributed by atoms with Crippen LogP contribution in [0.15, 0.2) is 63.9 Å². The summed E-state index contributed by atoms with van der Waals surface area (Å²) in [5.74, 6) is 0.0212. The van der Waals surface area contributed by atoms with Gasteiger partial charge in [0, 0.05) is 22.4 Å². The molecule has 0 aliphatic heterocycles. The predicted octanol–water partition coefficient (Wildman–Crippen LogP) is 3.66. The number of hydrogen-bond acceptors (Lipinski definition) is 4. The highest BCUT2D eigenvalue weighted by Gasteiger charge is 2.20. The SMILES string of the molecule is CC[C@@H](Cn1ncc2ccccc2c1=O)NC(=O)c1oc2ccccc2c1C. The van der Waals surface area contributed by atoms with Crippen molar-refractivity contribution in [2.75, 3.05) is 0 Å². The van der Waals surface area contributed by atoms with Gasteiger partial charge in [-0.3, -0.25) is 9.59 Å². The van der Waals surface area contributed by atoms with Crippen LogP contribution in [0.4, 0.5) is 0 Å². The van der Waals surface area contributed by atoms with Gasteiger partial charge in [-0.15, -0.1) is 0 Å². The van der Waals surface area contributed by atoms with E-state index >= 15 is 0 Å². The van der Waals surface area contributed by atoms with Crippen LogP contribution >= 0.6 is 0 Å².